The maximum Gasteiger partial charge on any atom is 0.250 e. The molecule has 19 heavy (non-hydrogen) atoms. The van der Waals surface area contributed by atoms with Crippen molar-refractivity contribution in [2.45, 2.75) is 38.9 Å². The summed E-state index contributed by atoms with van der Waals surface area (Å²) in [5.41, 5.74) is 0.715. The molecule has 1 aromatic rings. The van der Waals surface area contributed by atoms with Crippen LogP contribution in [0.2, 0.25) is 18.1 Å². The molecule has 0 aliphatic rings. The van der Waals surface area contributed by atoms with Gasteiger partial charge in [0.05, 0.1) is 13.3 Å². The van der Waals surface area contributed by atoms with Crippen molar-refractivity contribution in [1.29, 1.82) is 0 Å². The first-order valence-corrected chi connectivity index (χ1v) is 9.16. The number of rotatable bonds is 4. The normalized spacial score (nSPS) is 12.7. The van der Waals surface area contributed by atoms with Gasteiger partial charge in [-0.2, -0.15) is 0 Å². The van der Waals surface area contributed by atoms with Gasteiger partial charge in [-0.3, -0.25) is 0 Å². The number of methoxy groups -OCH3 is 1. The number of oxime groups is 1. The molecule has 0 fully saturated rings. The van der Waals surface area contributed by atoms with E-state index in [4.69, 9.17) is 14.4 Å². The van der Waals surface area contributed by atoms with E-state index in [1.807, 2.05) is 18.2 Å². The van der Waals surface area contributed by atoms with Crippen LogP contribution in [0.4, 0.5) is 0 Å². The first-order valence-electron chi connectivity index (χ1n) is 6.26. The summed E-state index contributed by atoms with van der Waals surface area (Å²) in [6.07, 6.45) is 1.34. The molecule has 0 heterocycles. The van der Waals surface area contributed by atoms with Crippen LogP contribution >= 0.6 is 0 Å². The van der Waals surface area contributed by atoms with Crippen LogP contribution in [0, 0.1) is 0 Å². The third kappa shape index (κ3) is 3.73. The van der Waals surface area contributed by atoms with Crippen molar-refractivity contribution in [2.24, 2.45) is 5.16 Å². The van der Waals surface area contributed by atoms with E-state index in [2.05, 4.69) is 39.0 Å². The lowest BCUT2D eigenvalue weighted by atomic mass is 10.2. The van der Waals surface area contributed by atoms with Gasteiger partial charge in [-0.05, 0) is 30.3 Å². The minimum absolute atomic E-state index is 0.144. The lowest BCUT2D eigenvalue weighted by Crippen LogP contribution is -2.43. The Morgan fingerprint density at radius 3 is 2.37 bits per heavy atom. The van der Waals surface area contributed by atoms with Gasteiger partial charge in [0.15, 0.2) is 0 Å². The molecule has 0 saturated carbocycles. The number of ether oxygens (including phenoxy) is 1. The van der Waals surface area contributed by atoms with E-state index in [-0.39, 0.29) is 5.04 Å². The van der Waals surface area contributed by atoms with Crippen molar-refractivity contribution >= 4 is 14.5 Å². The second-order valence-corrected chi connectivity index (χ2v) is 10.7. The molecule has 0 aliphatic heterocycles. The fourth-order valence-electron chi connectivity index (χ4n) is 1.37. The summed E-state index contributed by atoms with van der Waals surface area (Å²) in [5, 5.41) is 11.8. The van der Waals surface area contributed by atoms with Crippen molar-refractivity contribution in [3.8, 4) is 11.5 Å². The molecule has 0 radical (unpaired) electrons. The van der Waals surface area contributed by atoms with Crippen molar-refractivity contribution in [3.05, 3.63) is 23.8 Å². The van der Waals surface area contributed by atoms with Crippen LogP contribution in [0.25, 0.3) is 0 Å². The summed E-state index contributed by atoms with van der Waals surface area (Å²) >= 11 is 0. The van der Waals surface area contributed by atoms with Crippen molar-refractivity contribution in [3.63, 3.8) is 0 Å². The maximum atomic E-state index is 8.59. The number of benzene rings is 1. The molecule has 5 heteroatoms. The van der Waals surface area contributed by atoms with Crippen LogP contribution in [0.3, 0.4) is 0 Å². The van der Waals surface area contributed by atoms with Crippen LogP contribution in [-0.2, 0) is 0 Å². The van der Waals surface area contributed by atoms with E-state index in [0.717, 1.165) is 5.75 Å². The molecule has 0 aromatic heterocycles. The molecule has 0 unspecified atom stereocenters. The first kappa shape index (κ1) is 15.6. The van der Waals surface area contributed by atoms with E-state index in [1.165, 1.54) is 6.21 Å². The lowest BCUT2D eigenvalue weighted by Gasteiger charge is -2.36. The van der Waals surface area contributed by atoms with E-state index in [1.54, 1.807) is 7.11 Å². The minimum Gasteiger partial charge on any atom is -0.543 e. The molecule has 0 spiro atoms. The summed E-state index contributed by atoms with van der Waals surface area (Å²) in [5.74, 6) is 1.42. The van der Waals surface area contributed by atoms with E-state index in [0.29, 0.717) is 11.3 Å². The highest BCUT2D eigenvalue weighted by Crippen LogP contribution is 2.38. The third-order valence-corrected chi connectivity index (χ3v) is 7.94. The van der Waals surface area contributed by atoms with Gasteiger partial charge in [-0.25, -0.2) is 0 Å². The molecule has 4 nitrogen and oxygen atoms in total. The van der Waals surface area contributed by atoms with Crippen molar-refractivity contribution in [2.75, 3.05) is 7.11 Å². The highest BCUT2D eigenvalue weighted by Gasteiger charge is 2.39. The second kappa shape index (κ2) is 5.65. The zero-order valence-electron chi connectivity index (χ0n) is 12.5. The quantitative estimate of drug-likeness (QED) is 0.394. The Bertz CT molecular complexity index is 464. The Balaban J connectivity index is 3.04. The summed E-state index contributed by atoms with van der Waals surface area (Å²) in [6, 6.07) is 5.53. The fraction of sp³-hybridized carbons (Fsp3) is 0.500. The van der Waals surface area contributed by atoms with E-state index >= 15 is 0 Å². The van der Waals surface area contributed by atoms with E-state index in [9.17, 15) is 0 Å². The molecule has 106 valence electrons. The maximum absolute atomic E-state index is 8.59. The highest BCUT2D eigenvalue weighted by molar-refractivity contribution is 6.74. The lowest BCUT2D eigenvalue weighted by molar-refractivity contribution is 0.321. The van der Waals surface area contributed by atoms with Crippen LogP contribution in [0.1, 0.15) is 26.3 Å². The highest BCUT2D eigenvalue weighted by atomic mass is 28.4. The van der Waals surface area contributed by atoms with Gasteiger partial charge in [-0.1, -0.05) is 25.9 Å². The standard InChI is InChI=1S/C14H23NO3Si/c1-14(2,3)19(5,6)18-12-8-7-11(10-15-16)13(9-12)17-4/h7-10,16H,1-6H3/b15-10+. The molecule has 0 aliphatic carbocycles. The second-order valence-electron chi connectivity index (χ2n) is 6.01. The number of hydrogen-bond donors (Lipinski definition) is 1. The van der Waals surface area contributed by atoms with Gasteiger partial charge in [0, 0.05) is 11.6 Å². The Hall–Kier alpha value is -1.49. The summed E-state index contributed by atoms with van der Waals surface area (Å²) in [6.45, 7) is 11.0. The summed E-state index contributed by atoms with van der Waals surface area (Å²) in [4.78, 5) is 0. The zero-order valence-corrected chi connectivity index (χ0v) is 13.5. The van der Waals surface area contributed by atoms with Gasteiger partial charge >= 0.3 is 0 Å². The monoisotopic (exact) mass is 281 g/mol. The van der Waals surface area contributed by atoms with Crippen molar-refractivity contribution < 1.29 is 14.4 Å². The third-order valence-electron chi connectivity index (χ3n) is 3.58. The van der Waals surface area contributed by atoms with Crippen LogP contribution in [0.15, 0.2) is 23.4 Å². The average Bonchev–Trinajstić information content (AvgIpc) is 2.29. The molecule has 0 atom stereocenters. The molecule has 1 N–H and O–H groups in total. The fourth-order valence-corrected chi connectivity index (χ4v) is 2.39. The van der Waals surface area contributed by atoms with Gasteiger partial charge in [0.1, 0.15) is 11.5 Å². The van der Waals surface area contributed by atoms with Crippen LogP contribution < -0.4 is 9.16 Å². The molecule has 1 aromatic carbocycles. The van der Waals surface area contributed by atoms with Gasteiger partial charge < -0.3 is 14.4 Å². The summed E-state index contributed by atoms with van der Waals surface area (Å²) < 4.78 is 11.5. The van der Waals surface area contributed by atoms with Crippen molar-refractivity contribution in [1.82, 2.24) is 0 Å². The van der Waals surface area contributed by atoms with Gasteiger partial charge in [0.25, 0.3) is 0 Å². The smallest absolute Gasteiger partial charge is 0.250 e. The summed E-state index contributed by atoms with van der Waals surface area (Å²) in [7, 11) is -0.272. The molecular formula is C14H23NO3Si. The Labute approximate surface area is 116 Å². The average molecular weight is 281 g/mol. The SMILES string of the molecule is COc1cc(O[Si](C)(C)C(C)(C)C)ccc1/C=N/O. The Morgan fingerprint density at radius 1 is 1.26 bits per heavy atom. The largest absolute Gasteiger partial charge is 0.543 e. The van der Waals surface area contributed by atoms with E-state index < -0.39 is 8.32 Å². The van der Waals surface area contributed by atoms with Gasteiger partial charge in [0.2, 0.25) is 8.32 Å². The van der Waals surface area contributed by atoms with Crippen LogP contribution in [-0.4, -0.2) is 26.8 Å². The predicted octanol–water partition coefficient (Wildman–Crippen LogP) is 3.89. The molecule has 0 saturated heterocycles. The molecular weight excluding hydrogens is 258 g/mol. The minimum atomic E-state index is -1.86. The predicted molar refractivity (Wildman–Crippen MR) is 80.2 cm³/mol. The number of hydrogen-bond acceptors (Lipinski definition) is 4. The number of nitrogens with zero attached hydrogens (tertiary/aromatic N) is 1. The Morgan fingerprint density at radius 2 is 1.89 bits per heavy atom. The molecule has 0 bridgehead atoms. The van der Waals surface area contributed by atoms with Crippen LogP contribution in [0.5, 0.6) is 11.5 Å². The molecule has 0 amide bonds. The molecule has 1 rings (SSSR count). The topological polar surface area (TPSA) is 51.0 Å². The van der Waals surface area contributed by atoms with Gasteiger partial charge in [-0.15, -0.1) is 0 Å². The Kier molecular flexibility index (Phi) is 4.63. The zero-order chi connectivity index (χ0) is 14.7. The first-order chi connectivity index (χ1) is 8.71.